The van der Waals surface area contributed by atoms with Crippen LogP contribution in [-0.2, 0) is 20.4 Å². The minimum absolute atomic E-state index is 0.0270. The highest BCUT2D eigenvalue weighted by Crippen LogP contribution is 2.32. The van der Waals surface area contributed by atoms with E-state index in [1.807, 2.05) is 37.3 Å². The largest absolute Gasteiger partial charge is 0.440 e. The summed E-state index contributed by atoms with van der Waals surface area (Å²) >= 11 is 0. The highest BCUT2D eigenvalue weighted by atomic mass is 32.2. The molecule has 1 aromatic carbocycles. The Kier molecular flexibility index (Phi) is 4.71. The van der Waals surface area contributed by atoms with Crippen LogP contribution in [0.2, 0.25) is 0 Å². The molecule has 6 nitrogen and oxygen atoms in total. The Labute approximate surface area is 141 Å². The van der Waals surface area contributed by atoms with Crippen LogP contribution in [0.25, 0.3) is 11.3 Å². The van der Waals surface area contributed by atoms with E-state index in [0.29, 0.717) is 11.7 Å². The van der Waals surface area contributed by atoms with Gasteiger partial charge >= 0.3 is 0 Å². The van der Waals surface area contributed by atoms with Crippen molar-refractivity contribution in [3.8, 4) is 11.3 Å². The third kappa shape index (κ3) is 4.44. The lowest BCUT2D eigenvalue weighted by molar-refractivity contribution is -0.119. The van der Waals surface area contributed by atoms with Crippen molar-refractivity contribution in [2.75, 3.05) is 5.75 Å². The number of hydrogen-bond donors (Lipinski definition) is 1. The van der Waals surface area contributed by atoms with Gasteiger partial charge in [0.25, 0.3) is 0 Å². The number of nitrogens with one attached hydrogen (secondary N) is 1. The molecular formula is C17H20N2O4S. The standard InChI is InChI=1S/C17H20N2O4S/c1-12(13-7-8-13)19-16(20)10-24(21,22)11-17-18-9-15(23-17)14-5-3-2-4-6-14/h2-6,9,12-13H,7-8,10-11H2,1H3,(H,19,20). The topological polar surface area (TPSA) is 89.3 Å². The molecule has 7 heteroatoms. The summed E-state index contributed by atoms with van der Waals surface area (Å²) in [5.74, 6) is -0.316. The number of nitrogens with zero attached hydrogens (tertiary/aromatic N) is 1. The molecule has 1 saturated carbocycles. The average Bonchev–Trinajstić information content (AvgIpc) is 3.28. The van der Waals surface area contributed by atoms with Crippen LogP contribution in [0.4, 0.5) is 0 Å². The summed E-state index contributed by atoms with van der Waals surface area (Å²) < 4.78 is 29.8. The van der Waals surface area contributed by atoms with Crippen LogP contribution in [-0.4, -0.2) is 31.1 Å². The van der Waals surface area contributed by atoms with Crippen LogP contribution in [0.5, 0.6) is 0 Å². The minimum Gasteiger partial charge on any atom is -0.440 e. The molecule has 0 aliphatic heterocycles. The molecule has 1 atom stereocenters. The van der Waals surface area contributed by atoms with Gasteiger partial charge in [-0.1, -0.05) is 30.3 Å². The molecule has 0 bridgehead atoms. The van der Waals surface area contributed by atoms with Crippen LogP contribution in [0.1, 0.15) is 25.7 Å². The van der Waals surface area contributed by atoms with Gasteiger partial charge in [-0.3, -0.25) is 4.79 Å². The minimum atomic E-state index is -3.62. The average molecular weight is 348 g/mol. The Balaban J connectivity index is 1.60. The molecule has 1 unspecified atom stereocenters. The van der Waals surface area contributed by atoms with Gasteiger partial charge in [-0.05, 0) is 25.7 Å². The van der Waals surface area contributed by atoms with E-state index in [-0.39, 0.29) is 17.7 Å². The predicted molar refractivity (Wildman–Crippen MR) is 89.8 cm³/mol. The van der Waals surface area contributed by atoms with Crippen LogP contribution < -0.4 is 5.32 Å². The summed E-state index contributed by atoms with van der Waals surface area (Å²) in [6, 6.07) is 9.34. The number of aromatic nitrogens is 1. The zero-order valence-electron chi connectivity index (χ0n) is 13.4. The van der Waals surface area contributed by atoms with Gasteiger partial charge in [0.05, 0.1) is 6.20 Å². The summed E-state index contributed by atoms with van der Waals surface area (Å²) in [7, 11) is -3.62. The molecule has 1 heterocycles. The van der Waals surface area contributed by atoms with Crippen molar-refractivity contribution < 1.29 is 17.6 Å². The number of amides is 1. The van der Waals surface area contributed by atoms with Gasteiger partial charge in [-0.2, -0.15) is 0 Å². The molecule has 1 amide bonds. The molecule has 1 N–H and O–H groups in total. The van der Waals surface area contributed by atoms with Crippen molar-refractivity contribution in [2.24, 2.45) is 5.92 Å². The lowest BCUT2D eigenvalue weighted by atomic mass is 10.2. The lowest BCUT2D eigenvalue weighted by Crippen LogP contribution is -2.38. The molecule has 1 aliphatic carbocycles. The van der Waals surface area contributed by atoms with Crippen molar-refractivity contribution in [2.45, 2.75) is 31.6 Å². The Bertz CT molecular complexity index is 810. The van der Waals surface area contributed by atoms with Gasteiger partial charge in [0.15, 0.2) is 15.6 Å². The molecule has 24 heavy (non-hydrogen) atoms. The Morgan fingerprint density at radius 2 is 2.04 bits per heavy atom. The Morgan fingerprint density at radius 3 is 2.71 bits per heavy atom. The van der Waals surface area contributed by atoms with E-state index < -0.39 is 21.5 Å². The number of hydrogen-bond acceptors (Lipinski definition) is 5. The van der Waals surface area contributed by atoms with E-state index in [4.69, 9.17) is 4.42 Å². The van der Waals surface area contributed by atoms with Gasteiger partial charge in [0.2, 0.25) is 11.8 Å². The molecule has 1 aromatic heterocycles. The molecule has 0 spiro atoms. The summed E-state index contributed by atoms with van der Waals surface area (Å²) in [6.07, 6.45) is 3.68. The zero-order valence-corrected chi connectivity index (χ0v) is 14.3. The van der Waals surface area contributed by atoms with E-state index in [1.54, 1.807) is 0 Å². The molecule has 0 saturated heterocycles. The van der Waals surface area contributed by atoms with Crippen LogP contribution >= 0.6 is 0 Å². The van der Waals surface area contributed by atoms with Crippen molar-refractivity contribution in [3.05, 3.63) is 42.4 Å². The van der Waals surface area contributed by atoms with Gasteiger partial charge < -0.3 is 9.73 Å². The number of carbonyl (C=O) groups excluding carboxylic acids is 1. The smallest absolute Gasteiger partial charge is 0.235 e. The van der Waals surface area contributed by atoms with Crippen molar-refractivity contribution in [3.63, 3.8) is 0 Å². The van der Waals surface area contributed by atoms with Crippen LogP contribution in [0.3, 0.4) is 0 Å². The summed E-state index contributed by atoms with van der Waals surface area (Å²) in [5.41, 5.74) is 0.824. The van der Waals surface area contributed by atoms with Gasteiger partial charge in [-0.15, -0.1) is 0 Å². The monoisotopic (exact) mass is 348 g/mol. The predicted octanol–water partition coefficient (Wildman–Crippen LogP) is 2.17. The summed E-state index contributed by atoms with van der Waals surface area (Å²) in [5, 5.41) is 2.75. The summed E-state index contributed by atoms with van der Waals surface area (Å²) in [6.45, 7) is 1.91. The molecular weight excluding hydrogens is 328 g/mol. The molecule has 2 aromatic rings. The van der Waals surface area contributed by atoms with E-state index in [1.165, 1.54) is 6.20 Å². The maximum Gasteiger partial charge on any atom is 0.235 e. The van der Waals surface area contributed by atoms with E-state index in [9.17, 15) is 13.2 Å². The number of rotatable bonds is 7. The zero-order chi connectivity index (χ0) is 17.2. The maximum atomic E-state index is 12.2. The summed E-state index contributed by atoms with van der Waals surface area (Å²) in [4.78, 5) is 15.9. The Morgan fingerprint density at radius 1 is 1.33 bits per heavy atom. The normalized spacial score (nSPS) is 15.9. The number of oxazole rings is 1. The second-order valence-corrected chi connectivity index (χ2v) is 8.27. The number of carbonyl (C=O) groups is 1. The fourth-order valence-electron chi connectivity index (χ4n) is 2.56. The highest BCUT2D eigenvalue weighted by Gasteiger charge is 2.30. The van der Waals surface area contributed by atoms with Gasteiger partial charge in [0, 0.05) is 11.6 Å². The highest BCUT2D eigenvalue weighted by molar-refractivity contribution is 7.91. The SMILES string of the molecule is CC(NC(=O)CS(=O)(=O)Cc1ncc(-c2ccccc2)o1)C1CC1. The van der Waals surface area contributed by atoms with E-state index in [0.717, 1.165) is 18.4 Å². The van der Waals surface area contributed by atoms with E-state index in [2.05, 4.69) is 10.3 Å². The van der Waals surface area contributed by atoms with Crippen molar-refractivity contribution >= 4 is 15.7 Å². The first-order valence-electron chi connectivity index (χ1n) is 7.93. The molecule has 1 fully saturated rings. The van der Waals surface area contributed by atoms with Gasteiger partial charge in [0.1, 0.15) is 11.5 Å². The lowest BCUT2D eigenvalue weighted by Gasteiger charge is -2.12. The second-order valence-electron chi connectivity index (χ2n) is 6.21. The van der Waals surface area contributed by atoms with Gasteiger partial charge in [-0.25, -0.2) is 13.4 Å². The first-order chi connectivity index (χ1) is 11.4. The first-order valence-corrected chi connectivity index (χ1v) is 9.75. The first kappa shape index (κ1) is 16.7. The maximum absolute atomic E-state index is 12.2. The second kappa shape index (κ2) is 6.76. The fourth-order valence-corrected chi connectivity index (χ4v) is 3.66. The third-order valence-corrected chi connectivity index (χ3v) is 5.41. The Hall–Kier alpha value is -2.15. The third-order valence-electron chi connectivity index (χ3n) is 4.02. The van der Waals surface area contributed by atoms with Crippen LogP contribution in [0.15, 0.2) is 40.9 Å². The number of benzene rings is 1. The van der Waals surface area contributed by atoms with E-state index >= 15 is 0 Å². The molecule has 1 aliphatic rings. The van der Waals surface area contributed by atoms with Crippen molar-refractivity contribution in [1.82, 2.24) is 10.3 Å². The number of sulfone groups is 1. The molecule has 0 radical (unpaired) electrons. The van der Waals surface area contributed by atoms with Crippen molar-refractivity contribution in [1.29, 1.82) is 0 Å². The molecule has 3 rings (SSSR count). The quantitative estimate of drug-likeness (QED) is 0.828. The fraction of sp³-hybridized carbons (Fsp3) is 0.412. The molecule has 128 valence electrons. The van der Waals surface area contributed by atoms with Crippen LogP contribution in [0, 0.1) is 5.92 Å².